The molecule has 0 aromatic carbocycles. The van der Waals surface area contributed by atoms with Crippen molar-refractivity contribution in [1.29, 1.82) is 0 Å². The zero-order valence-electron chi connectivity index (χ0n) is 12.5. The number of fused-ring (bicyclic) bond motifs is 1. The van der Waals surface area contributed by atoms with Gasteiger partial charge in [-0.3, -0.25) is 4.79 Å². The van der Waals surface area contributed by atoms with Crippen LogP contribution < -0.4 is 5.73 Å². The Balaban J connectivity index is 1.77. The van der Waals surface area contributed by atoms with Crippen molar-refractivity contribution in [3.63, 3.8) is 0 Å². The van der Waals surface area contributed by atoms with E-state index in [1.165, 1.54) is 0 Å². The van der Waals surface area contributed by atoms with E-state index in [4.69, 9.17) is 5.73 Å². The summed E-state index contributed by atoms with van der Waals surface area (Å²) < 4.78 is 0. The average molecular weight is 289 g/mol. The second-order valence-electron chi connectivity index (χ2n) is 6.30. The predicted molar refractivity (Wildman–Crippen MR) is 80.8 cm³/mol. The minimum absolute atomic E-state index is 0.0167. The standard InChI is InChI=1S/C16H23N3O2/c1-2-3-12-6-11(7-15(17)18-12)16(21)19-8-10-4-5-14(20)13(10)9-19/h6-7,10,13-14,20H,2-5,8-9H2,1H3,(H2,17,18). The maximum Gasteiger partial charge on any atom is 0.254 e. The summed E-state index contributed by atoms with van der Waals surface area (Å²) in [6.07, 6.45) is 3.46. The number of aromatic nitrogens is 1. The van der Waals surface area contributed by atoms with Gasteiger partial charge >= 0.3 is 0 Å². The summed E-state index contributed by atoms with van der Waals surface area (Å²) >= 11 is 0. The molecule has 21 heavy (non-hydrogen) atoms. The Morgan fingerprint density at radius 3 is 2.95 bits per heavy atom. The highest BCUT2D eigenvalue weighted by molar-refractivity contribution is 5.95. The van der Waals surface area contributed by atoms with E-state index in [1.54, 1.807) is 6.07 Å². The molecule has 3 atom stereocenters. The molecule has 3 rings (SSSR count). The third kappa shape index (κ3) is 2.75. The highest BCUT2D eigenvalue weighted by Crippen LogP contribution is 2.38. The Kier molecular flexibility index (Phi) is 3.85. The van der Waals surface area contributed by atoms with Crippen LogP contribution in [0.4, 0.5) is 5.82 Å². The van der Waals surface area contributed by atoms with Gasteiger partial charge in [-0.1, -0.05) is 13.3 Å². The van der Waals surface area contributed by atoms with E-state index in [0.29, 0.717) is 23.8 Å². The minimum atomic E-state index is -0.244. The number of likely N-dealkylation sites (tertiary alicyclic amines) is 1. The SMILES string of the molecule is CCCc1cc(C(=O)N2CC3CCC(O)C3C2)cc(N)n1. The fourth-order valence-corrected chi connectivity index (χ4v) is 3.70. The van der Waals surface area contributed by atoms with Crippen LogP contribution in [-0.4, -0.2) is 40.1 Å². The fourth-order valence-electron chi connectivity index (χ4n) is 3.70. The number of carbonyl (C=O) groups is 1. The summed E-state index contributed by atoms with van der Waals surface area (Å²) in [5, 5.41) is 9.96. The van der Waals surface area contributed by atoms with Crippen LogP contribution in [0.5, 0.6) is 0 Å². The summed E-state index contributed by atoms with van der Waals surface area (Å²) in [5.74, 6) is 1.13. The summed E-state index contributed by atoms with van der Waals surface area (Å²) in [5.41, 5.74) is 7.32. The Labute approximate surface area is 125 Å². The maximum atomic E-state index is 12.7. The van der Waals surface area contributed by atoms with Crippen molar-refractivity contribution in [2.45, 2.75) is 38.7 Å². The fraction of sp³-hybridized carbons (Fsp3) is 0.625. The number of aliphatic hydroxyl groups is 1. The molecule has 114 valence electrons. The molecule has 2 fully saturated rings. The molecular formula is C16H23N3O2. The van der Waals surface area contributed by atoms with Crippen LogP contribution in [0.25, 0.3) is 0 Å². The first kappa shape index (κ1) is 14.3. The Morgan fingerprint density at radius 2 is 2.24 bits per heavy atom. The highest BCUT2D eigenvalue weighted by atomic mass is 16.3. The number of nitrogens with two attached hydrogens (primary N) is 1. The molecule has 0 spiro atoms. The van der Waals surface area contributed by atoms with E-state index in [2.05, 4.69) is 11.9 Å². The first-order valence-corrected chi connectivity index (χ1v) is 7.82. The molecule has 0 bridgehead atoms. The van der Waals surface area contributed by atoms with Gasteiger partial charge in [0.15, 0.2) is 0 Å². The molecule has 1 amide bonds. The number of anilines is 1. The molecule has 1 saturated heterocycles. The van der Waals surface area contributed by atoms with Crippen LogP contribution in [-0.2, 0) is 6.42 Å². The van der Waals surface area contributed by atoms with E-state index in [1.807, 2.05) is 11.0 Å². The molecule has 1 saturated carbocycles. The normalized spacial score (nSPS) is 27.9. The first-order chi connectivity index (χ1) is 10.1. The van der Waals surface area contributed by atoms with Crippen molar-refractivity contribution in [1.82, 2.24) is 9.88 Å². The number of nitrogens with zero attached hydrogens (tertiary/aromatic N) is 2. The molecule has 5 heteroatoms. The zero-order valence-corrected chi connectivity index (χ0v) is 12.5. The minimum Gasteiger partial charge on any atom is -0.393 e. The van der Waals surface area contributed by atoms with Crippen LogP contribution in [0, 0.1) is 11.8 Å². The summed E-state index contributed by atoms with van der Waals surface area (Å²) in [7, 11) is 0. The van der Waals surface area contributed by atoms with Crippen molar-refractivity contribution >= 4 is 11.7 Å². The molecule has 1 aliphatic carbocycles. The molecule has 1 aromatic heterocycles. The molecule has 3 unspecified atom stereocenters. The third-order valence-electron chi connectivity index (χ3n) is 4.76. The van der Waals surface area contributed by atoms with Gasteiger partial charge in [0, 0.05) is 30.3 Å². The lowest BCUT2D eigenvalue weighted by molar-refractivity contribution is 0.0752. The van der Waals surface area contributed by atoms with Gasteiger partial charge in [0.1, 0.15) is 5.82 Å². The number of carbonyl (C=O) groups excluding carboxylic acids is 1. The van der Waals surface area contributed by atoms with E-state index in [9.17, 15) is 9.90 Å². The van der Waals surface area contributed by atoms with Gasteiger partial charge in [-0.2, -0.15) is 0 Å². The average Bonchev–Trinajstić information content (AvgIpc) is 3.00. The first-order valence-electron chi connectivity index (χ1n) is 7.82. The van der Waals surface area contributed by atoms with E-state index in [0.717, 1.165) is 37.9 Å². The zero-order chi connectivity index (χ0) is 15.0. The highest BCUT2D eigenvalue weighted by Gasteiger charge is 2.43. The van der Waals surface area contributed by atoms with Crippen LogP contribution in [0.15, 0.2) is 12.1 Å². The van der Waals surface area contributed by atoms with Crippen LogP contribution >= 0.6 is 0 Å². The molecular weight excluding hydrogens is 266 g/mol. The van der Waals surface area contributed by atoms with Gasteiger partial charge in [-0.15, -0.1) is 0 Å². The smallest absolute Gasteiger partial charge is 0.254 e. The number of nitrogen functional groups attached to an aromatic ring is 1. The lowest BCUT2D eigenvalue weighted by Crippen LogP contribution is -2.31. The number of aryl methyl sites for hydroxylation is 1. The quantitative estimate of drug-likeness (QED) is 0.883. The van der Waals surface area contributed by atoms with Crippen LogP contribution in [0.2, 0.25) is 0 Å². The molecule has 0 radical (unpaired) electrons. The third-order valence-corrected chi connectivity index (χ3v) is 4.76. The van der Waals surface area contributed by atoms with Crippen molar-refractivity contribution in [2.75, 3.05) is 18.8 Å². The summed E-state index contributed by atoms with van der Waals surface area (Å²) in [4.78, 5) is 18.8. The summed E-state index contributed by atoms with van der Waals surface area (Å²) in [6.45, 7) is 3.50. The molecule has 1 aromatic rings. The Morgan fingerprint density at radius 1 is 1.43 bits per heavy atom. The molecule has 1 aliphatic heterocycles. The van der Waals surface area contributed by atoms with Gasteiger partial charge in [0.25, 0.3) is 5.91 Å². The monoisotopic (exact) mass is 289 g/mol. The van der Waals surface area contributed by atoms with Gasteiger partial charge in [-0.25, -0.2) is 4.98 Å². The van der Waals surface area contributed by atoms with Gasteiger partial charge in [0.05, 0.1) is 6.10 Å². The molecule has 2 heterocycles. The Bertz CT molecular complexity index is 546. The maximum absolute atomic E-state index is 12.7. The van der Waals surface area contributed by atoms with Crippen molar-refractivity contribution in [3.8, 4) is 0 Å². The van der Waals surface area contributed by atoms with Gasteiger partial charge < -0.3 is 15.7 Å². The number of rotatable bonds is 3. The van der Waals surface area contributed by atoms with Gasteiger partial charge in [0.2, 0.25) is 0 Å². The number of hydrogen-bond acceptors (Lipinski definition) is 4. The second kappa shape index (κ2) is 5.64. The van der Waals surface area contributed by atoms with Crippen molar-refractivity contribution in [2.24, 2.45) is 11.8 Å². The number of pyridine rings is 1. The number of amides is 1. The molecule has 2 aliphatic rings. The van der Waals surface area contributed by atoms with Gasteiger partial charge in [-0.05, 0) is 37.3 Å². The lowest BCUT2D eigenvalue weighted by atomic mass is 10.00. The van der Waals surface area contributed by atoms with E-state index < -0.39 is 0 Å². The summed E-state index contributed by atoms with van der Waals surface area (Å²) in [6, 6.07) is 3.51. The predicted octanol–water partition coefficient (Wildman–Crippen LogP) is 1.46. The lowest BCUT2D eigenvalue weighted by Gasteiger charge is -2.19. The number of aliphatic hydroxyl groups excluding tert-OH is 1. The second-order valence-corrected chi connectivity index (χ2v) is 6.30. The molecule has 5 nitrogen and oxygen atoms in total. The van der Waals surface area contributed by atoms with Crippen molar-refractivity contribution < 1.29 is 9.90 Å². The number of hydrogen-bond donors (Lipinski definition) is 2. The van der Waals surface area contributed by atoms with Crippen LogP contribution in [0.3, 0.4) is 0 Å². The van der Waals surface area contributed by atoms with E-state index >= 15 is 0 Å². The topological polar surface area (TPSA) is 79.5 Å². The van der Waals surface area contributed by atoms with E-state index in [-0.39, 0.29) is 17.9 Å². The van der Waals surface area contributed by atoms with Crippen molar-refractivity contribution in [3.05, 3.63) is 23.4 Å². The Hall–Kier alpha value is -1.62. The van der Waals surface area contributed by atoms with Crippen LogP contribution in [0.1, 0.15) is 42.2 Å². The molecule has 3 N–H and O–H groups in total. The largest absolute Gasteiger partial charge is 0.393 e.